The van der Waals surface area contributed by atoms with Crippen molar-refractivity contribution in [1.82, 2.24) is 0 Å². The third-order valence-corrected chi connectivity index (χ3v) is 4.47. The number of hydrogen-bond donors (Lipinski definition) is 0. The molecule has 7 heteroatoms. The van der Waals surface area contributed by atoms with Crippen molar-refractivity contribution in [1.29, 1.82) is 0 Å². The number of thioether (sulfide) groups is 1. The van der Waals surface area contributed by atoms with Crippen molar-refractivity contribution in [3.05, 3.63) is 57.6 Å². The van der Waals surface area contributed by atoms with E-state index in [0.717, 1.165) is 4.90 Å². The number of esters is 1. The molecule has 0 bridgehead atoms. The Morgan fingerprint density at radius 3 is 2.42 bits per heavy atom. The van der Waals surface area contributed by atoms with E-state index in [4.69, 9.17) is 32.7 Å². The van der Waals surface area contributed by atoms with E-state index in [1.807, 2.05) is 6.26 Å². The zero-order chi connectivity index (χ0) is 17.7. The Morgan fingerprint density at radius 2 is 1.79 bits per heavy atom. The number of ketones is 1. The van der Waals surface area contributed by atoms with Gasteiger partial charge in [-0.2, -0.15) is 0 Å². The van der Waals surface area contributed by atoms with Gasteiger partial charge >= 0.3 is 5.97 Å². The number of carbonyl (C=O) groups excluding carboxylic acids is 2. The van der Waals surface area contributed by atoms with Crippen LogP contribution >= 0.6 is 35.0 Å². The summed E-state index contributed by atoms with van der Waals surface area (Å²) in [6.45, 7) is -0.423. The lowest BCUT2D eigenvalue weighted by Crippen LogP contribution is -2.15. The average Bonchev–Trinajstić information content (AvgIpc) is 2.58. The Labute approximate surface area is 154 Å². The van der Waals surface area contributed by atoms with Gasteiger partial charge in [-0.15, -0.1) is 11.8 Å². The number of ether oxygens (including phenoxy) is 2. The largest absolute Gasteiger partial charge is 0.496 e. The van der Waals surface area contributed by atoms with Crippen LogP contribution in [0.5, 0.6) is 5.75 Å². The van der Waals surface area contributed by atoms with Crippen LogP contribution in [-0.4, -0.2) is 31.7 Å². The van der Waals surface area contributed by atoms with Gasteiger partial charge in [0.1, 0.15) is 11.3 Å². The van der Waals surface area contributed by atoms with Crippen LogP contribution in [0.3, 0.4) is 0 Å². The summed E-state index contributed by atoms with van der Waals surface area (Å²) < 4.78 is 10.3. The van der Waals surface area contributed by atoms with Gasteiger partial charge < -0.3 is 9.47 Å². The number of Topliss-reactive ketones (excluding diaryl/α,β-unsaturated/α-hetero) is 1. The first-order chi connectivity index (χ1) is 11.5. The molecule has 0 amide bonds. The van der Waals surface area contributed by atoms with Crippen molar-refractivity contribution in [2.45, 2.75) is 4.90 Å². The second kappa shape index (κ2) is 8.42. The number of methoxy groups -OCH3 is 1. The number of hydrogen-bond acceptors (Lipinski definition) is 5. The van der Waals surface area contributed by atoms with Gasteiger partial charge in [-0.3, -0.25) is 4.79 Å². The number of rotatable bonds is 6. The molecule has 0 radical (unpaired) electrons. The van der Waals surface area contributed by atoms with Crippen molar-refractivity contribution in [2.24, 2.45) is 0 Å². The first kappa shape index (κ1) is 18.6. The van der Waals surface area contributed by atoms with E-state index >= 15 is 0 Å². The fourth-order valence-electron chi connectivity index (χ4n) is 1.97. The summed E-state index contributed by atoms with van der Waals surface area (Å²) in [5.41, 5.74) is 0.504. The normalized spacial score (nSPS) is 10.3. The highest BCUT2D eigenvalue weighted by atomic mass is 35.5. The quantitative estimate of drug-likeness (QED) is 0.408. The molecule has 0 saturated carbocycles. The van der Waals surface area contributed by atoms with Crippen LogP contribution in [0.4, 0.5) is 0 Å². The van der Waals surface area contributed by atoms with Gasteiger partial charge in [0.05, 0.1) is 12.1 Å². The van der Waals surface area contributed by atoms with Crippen LogP contribution in [0.2, 0.25) is 10.0 Å². The highest BCUT2D eigenvalue weighted by Crippen LogP contribution is 2.26. The Balaban J connectivity index is 2.09. The maximum atomic E-state index is 12.2. The van der Waals surface area contributed by atoms with E-state index in [0.29, 0.717) is 10.8 Å². The summed E-state index contributed by atoms with van der Waals surface area (Å²) >= 11 is 13.3. The van der Waals surface area contributed by atoms with Crippen LogP contribution in [0.1, 0.15) is 20.7 Å². The monoisotopic (exact) mass is 384 g/mol. The molecule has 0 unspecified atom stereocenters. The number of halogens is 2. The molecule has 24 heavy (non-hydrogen) atoms. The van der Waals surface area contributed by atoms with E-state index in [-0.39, 0.29) is 16.1 Å². The summed E-state index contributed by atoms with van der Waals surface area (Å²) in [7, 11) is 1.47. The Morgan fingerprint density at radius 1 is 1.08 bits per heavy atom. The maximum Gasteiger partial charge on any atom is 0.342 e. The molecule has 0 atom stereocenters. The van der Waals surface area contributed by atoms with Crippen molar-refractivity contribution in [2.75, 3.05) is 20.0 Å². The van der Waals surface area contributed by atoms with Gasteiger partial charge in [0.25, 0.3) is 0 Å². The molecule has 0 N–H and O–H groups in total. The highest BCUT2D eigenvalue weighted by molar-refractivity contribution is 7.98. The fraction of sp³-hybridized carbons (Fsp3) is 0.176. The molecule has 0 aromatic heterocycles. The van der Waals surface area contributed by atoms with E-state index in [9.17, 15) is 9.59 Å². The third-order valence-electron chi connectivity index (χ3n) is 3.19. The maximum absolute atomic E-state index is 12.2. The fourth-order valence-corrected chi connectivity index (χ4v) is 2.91. The molecule has 0 spiro atoms. The van der Waals surface area contributed by atoms with Gasteiger partial charge in [-0.1, -0.05) is 23.2 Å². The van der Waals surface area contributed by atoms with Crippen molar-refractivity contribution in [3.63, 3.8) is 0 Å². The molecule has 0 aliphatic rings. The standard InChI is InChI=1S/C17H14Cl2O4S/c1-22-16-8-11(24-2)4-6-13(16)17(21)23-9-15(20)12-5-3-10(18)7-14(12)19/h3-8H,9H2,1-2H3. The topological polar surface area (TPSA) is 52.6 Å². The average molecular weight is 385 g/mol. The molecule has 0 aliphatic carbocycles. The van der Waals surface area contributed by atoms with Crippen LogP contribution in [-0.2, 0) is 4.74 Å². The predicted molar refractivity (Wildman–Crippen MR) is 95.9 cm³/mol. The highest BCUT2D eigenvalue weighted by Gasteiger charge is 2.18. The second-order valence-corrected chi connectivity index (χ2v) is 6.41. The first-order valence-corrected chi connectivity index (χ1v) is 8.81. The third kappa shape index (κ3) is 4.44. The summed E-state index contributed by atoms with van der Waals surface area (Å²) in [6.07, 6.45) is 1.92. The zero-order valence-corrected chi connectivity index (χ0v) is 15.3. The Bertz CT molecular complexity index is 777. The summed E-state index contributed by atoms with van der Waals surface area (Å²) in [6, 6.07) is 9.62. The molecule has 0 saturated heterocycles. The smallest absolute Gasteiger partial charge is 0.342 e. The van der Waals surface area contributed by atoms with Crippen LogP contribution in [0.15, 0.2) is 41.3 Å². The minimum atomic E-state index is -0.641. The first-order valence-electron chi connectivity index (χ1n) is 6.83. The van der Waals surface area contributed by atoms with Gasteiger partial charge in [-0.05, 0) is 42.7 Å². The van der Waals surface area contributed by atoms with Gasteiger partial charge in [0, 0.05) is 15.5 Å². The minimum Gasteiger partial charge on any atom is -0.496 e. The lowest BCUT2D eigenvalue weighted by Gasteiger charge is -2.10. The molecule has 0 aliphatic heterocycles. The summed E-state index contributed by atoms with van der Waals surface area (Å²) in [5.74, 6) is -0.661. The molecule has 2 rings (SSSR count). The molecule has 126 valence electrons. The van der Waals surface area contributed by atoms with E-state index < -0.39 is 18.4 Å². The Kier molecular flexibility index (Phi) is 6.54. The van der Waals surface area contributed by atoms with Crippen LogP contribution in [0.25, 0.3) is 0 Å². The molecule has 4 nitrogen and oxygen atoms in total. The predicted octanol–water partition coefficient (Wildman–Crippen LogP) is 4.76. The van der Waals surface area contributed by atoms with Crippen molar-refractivity contribution < 1.29 is 19.1 Å². The number of carbonyl (C=O) groups is 2. The summed E-state index contributed by atoms with van der Waals surface area (Å²) in [5, 5.41) is 0.637. The van der Waals surface area contributed by atoms with Gasteiger partial charge in [0.2, 0.25) is 5.78 Å². The molecule has 2 aromatic rings. The van der Waals surface area contributed by atoms with Crippen LogP contribution in [0, 0.1) is 0 Å². The molecular formula is C17H14Cl2O4S. The van der Waals surface area contributed by atoms with Crippen LogP contribution < -0.4 is 4.74 Å². The van der Waals surface area contributed by atoms with E-state index in [1.54, 1.807) is 24.3 Å². The SMILES string of the molecule is COc1cc(SC)ccc1C(=O)OCC(=O)c1ccc(Cl)cc1Cl. The van der Waals surface area contributed by atoms with Crippen molar-refractivity contribution >= 4 is 46.7 Å². The lowest BCUT2D eigenvalue weighted by molar-refractivity contribution is 0.0471. The molecule has 0 fully saturated rings. The Hall–Kier alpha value is -1.69. The second-order valence-electron chi connectivity index (χ2n) is 4.69. The van der Waals surface area contributed by atoms with Gasteiger partial charge in [0.15, 0.2) is 6.61 Å². The van der Waals surface area contributed by atoms with Crippen molar-refractivity contribution in [3.8, 4) is 5.75 Å². The number of benzene rings is 2. The zero-order valence-electron chi connectivity index (χ0n) is 13.0. The van der Waals surface area contributed by atoms with Gasteiger partial charge in [-0.25, -0.2) is 4.79 Å². The molecule has 2 aromatic carbocycles. The summed E-state index contributed by atoms with van der Waals surface area (Å²) in [4.78, 5) is 25.3. The minimum absolute atomic E-state index is 0.213. The molecular weight excluding hydrogens is 371 g/mol. The lowest BCUT2D eigenvalue weighted by atomic mass is 10.1. The van der Waals surface area contributed by atoms with E-state index in [2.05, 4.69) is 0 Å². The molecule has 0 heterocycles. The van der Waals surface area contributed by atoms with E-state index in [1.165, 1.54) is 31.0 Å².